The van der Waals surface area contributed by atoms with Crippen LogP contribution in [-0.2, 0) is 4.74 Å². The van der Waals surface area contributed by atoms with Gasteiger partial charge in [-0.2, -0.15) is 4.99 Å². The Morgan fingerprint density at radius 3 is 2.59 bits per heavy atom. The van der Waals surface area contributed by atoms with Gasteiger partial charge in [0.1, 0.15) is 5.75 Å². The van der Waals surface area contributed by atoms with Crippen LogP contribution in [0, 0.1) is 0 Å². The molecule has 2 aliphatic rings. The number of halogens is 1. The summed E-state index contributed by atoms with van der Waals surface area (Å²) < 4.78 is 10.8. The fourth-order valence-corrected chi connectivity index (χ4v) is 3.27. The summed E-state index contributed by atoms with van der Waals surface area (Å²) in [7, 11) is 1.65. The molecule has 3 N–H and O–H groups in total. The molecule has 0 aliphatic carbocycles. The van der Waals surface area contributed by atoms with Crippen molar-refractivity contribution >= 4 is 35.7 Å². The second-order valence-corrected chi connectivity index (χ2v) is 6.45. The SMILES string of the molecule is COc1cccc(NC2N=C(N)N=C(N3CCOCC3)N2c2ccccc2)c1.Cl. The van der Waals surface area contributed by atoms with Crippen LogP contribution in [0.15, 0.2) is 64.6 Å². The van der Waals surface area contributed by atoms with Gasteiger partial charge in [-0.3, -0.25) is 4.90 Å². The summed E-state index contributed by atoms with van der Waals surface area (Å²) in [5, 5.41) is 3.44. The van der Waals surface area contributed by atoms with Crippen LogP contribution in [0.5, 0.6) is 5.75 Å². The van der Waals surface area contributed by atoms with Crippen molar-refractivity contribution in [3.8, 4) is 5.75 Å². The highest BCUT2D eigenvalue weighted by atomic mass is 35.5. The molecule has 0 aromatic heterocycles. The monoisotopic (exact) mass is 416 g/mol. The summed E-state index contributed by atoms with van der Waals surface area (Å²) in [4.78, 5) is 13.4. The number of nitrogens with one attached hydrogen (secondary N) is 1. The van der Waals surface area contributed by atoms with Gasteiger partial charge in [0.05, 0.1) is 20.3 Å². The predicted molar refractivity (Wildman–Crippen MR) is 118 cm³/mol. The van der Waals surface area contributed by atoms with Gasteiger partial charge in [0.15, 0.2) is 0 Å². The van der Waals surface area contributed by atoms with E-state index in [4.69, 9.17) is 15.2 Å². The summed E-state index contributed by atoms with van der Waals surface area (Å²) in [6.07, 6.45) is -0.440. The number of nitrogens with two attached hydrogens (primary N) is 1. The van der Waals surface area contributed by atoms with Gasteiger partial charge >= 0.3 is 0 Å². The highest BCUT2D eigenvalue weighted by Gasteiger charge is 2.31. The second kappa shape index (κ2) is 9.49. The van der Waals surface area contributed by atoms with Gasteiger partial charge in [-0.25, -0.2) is 4.99 Å². The Hall–Kier alpha value is -2.97. The first kappa shape index (κ1) is 20.8. The zero-order valence-electron chi connectivity index (χ0n) is 16.2. The number of anilines is 2. The molecule has 1 atom stereocenters. The third-order valence-corrected chi connectivity index (χ3v) is 4.62. The van der Waals surface area contributed by atoms with E-state index < -0.39 is 6.29 Å². The molecule has 29 heavy (non-hydrogen) atoms. The van der Waals surface area contributed by atoms with Crippen LogP contribution in [0.4, 0.5) is 11.4 Å². The van der Waals surface area contributed by atoms with Crippen molar-refractivity contribution in [2.24, 2.45) is 15.7 Å². The van der Waals surface area contributed by atoms with Crippen LogP contribution in [0.3, 0.4) is 0 Å². The van der Waals surface area contributed by atoms with Gasteiger partial charge in [0, 0.05) is 30.5 Å². The minimum Gasteiger partial charge on any atom is -0.497 e. The van der Waals surface area contributed by atoms with Crippen molar-refractivity contribution in [1.82, 2.24) is 4.90 Å². The van der Waals surface area contributed by atoms with Gasteiger partial charge in [-0.15, -0.1) is 12.4 Å². The Kier molecular flexibility index (Phi) is 6.79. The smallest absolute Gasteiger partial charge is 0.222 e. The number of rotatable bonds is 4. The molecule has 0 bridgehead atoms. The van der Waals surface area contributed by atoms with Gasteiger partial charge in [-0.1, -0.05) is 24.3 Å². The average molecular weight is 417 g/mol. The van der Waals surface area contributed by atoms with E-state index in [-0.39, 0.29) is 18.4 Å². The maximum absolute atomic E-state index is 6.09. The highest BCUT2D eigenvalue weighted by molar-refractivity contribution is 6.06. The van der Waals surface area contributed by atoms with Crippen molar-refractivity contribution < 1.29 is 9.47 Å². The minimum atomic E-state index is -0.440. The molecular weight excluding hydrogens is 392 g/mol. The standard InChI is InChI=1S/C20H24N6O2.ClH/c1-27-17-9-5-6-15(14-17)22-19-23-18(21)24-20(25-10-12-28-13-11-25)26(19)16-7-3-2-4-8-16;/h2-9,14,19,22H,10-13H2,1H3,(H2,21,23);1H. The van der Waals surface area contributed by atoms with Crippen LogP contribution < -0.4 is 20.7 Å². The summed E-state index contributed by atoms with van der Waals surface area (Å²) >= 11 is 0. The van der Waals surface area contributed by atoms with Crippen LogP contribution in [0.25, 0.3) is 0 Å². The molecule has 1 unspecified atom stereocenters. The third kappa shape index (κ3) is 4.72. The number of para-hydroxylation sites is 1. The maximum atomic E-state index is 6.09. The van der Waals surface area contributed by atoms with Crippen LogP contribution in [0.1, 0.15) is 0 Å². The van der Waals surface area contributed by atoms with E-state index >= 15 is 0 Å². The van der Waals surface area contributed by atoms with Crippen molar-refractivity contribution in [1.29, 1.82) is 0 Å². The molecule has 2 aromatic carbocycles. The maximum Gasteiger partial charge on any atom is 0.222 e. The molecule has 0 saturated carbocycles. The van der Waals surface area contributed by atoms with E-state index in [0.717, 1.165) is 36.2 Å². The lowest BCUT2D eigenvalue weighted by molar-refractivity contribution is 0.0671. The fourth-order valence-electron chi connectivity index (χ4n) is 3.27. The first-order valence-electron chi connectivity index (χ1n) is 9.24. The minimum absolute atomic E-state index is 0. The largest absolute Gasteiger partial charge is 0.497 e. The summed E-state index contributed by atoms with van der Waals surface area (Å²) in [5.74, 6) is 1.78. The molecule has 0 spiro atoms. The molecule has 2 heterocycles. The number of aliphatic imine (C=N–C) groups is 2. The van der Waals surface area contributed by atoms with Crippen LogP contribution >= 0.6 is 12.4 Å². The average Bonchev–Trinajstić information content (AvgIpc) is 2.75. The lowest BCUT2D eigenvalue weighted by Gasteiger charge is -2.41. The molecule has 2 aromatic rings. The predicted octanol–water partition coefficient (Wildman–Crippen LogP) is 2.34. The van der Waals surface area contributed by atoms with E-state index in [1.165, 1.54) is 0 Å². The normalized spacial score (nSPS) is 19.0. The van der Waals surface area contributed by atoms with Gasteiger partial charge in [-0.05, 0) is 24.3 Å². The number of benzene rings is 2. The molecule has 1 saturated heterocycles. The fraction of sp³-hybridized carbons (Fsp3) is 0.300. The lowest BCUT2D eigenvalue weighted by atomic mass is 10.2. The summed E-state index contributed by atoms with van der Waals surface area (Å²) in [6, 6.07) is 17.8. The van der Waals surface area contributed by atoms with Crippen molar-refractivity contribution in [2.75, 3.05) is 43.6 Å². The summed E-state index contributed by atoms with van der Waals surface area (Å²) in [5.41, 5.74) is 7.94. The molecule has 9 heteroatoms. The first-order valence-corrected chi connectivity index (χ1v) is 9.24. The number of nitrogens with zero attached hydrogens (tertiary/aromatic N) is 4. The van der Waals surface area contributed by atoms with E-state index in [9.17, 15) is 0 Å². The Labute approximate surface area is 176 Å². The molecule has 8 nitrogen and oxygen atoms in total. The molecule has 2 aliphatic heterocycles. The van der Waals surface area contributed by atoms with Gasteiger partial charge in [0.2, 0.25) is 18.2 Å². The Morgan fingerprint density at radius 1 is 1.10 bits per heavy atom. The number of ether oxygens (including phenoxy) is 2. The number of hydrogen-bond donors (Lipinski definition) is 2. The van der Waals surface area contributed by atoms with Crippen molar-refractivity contribution in [3.63, 3.8) is 0 Å². The lowest BCUT2D eigenvalue weighted by Crippen LogP contribution is -2.57. The highest BCUT2D eigenvalue weighted by Crippen LogP contribution is 2.25. The van der Waals surface area contributed by atoms with E-state index in [2.05, 4.69) is 25.1 Å². The first-order chi connectivity index (χ1) is 13.7. The zero-order chi connectivity index (χ0) is 19.3. The van der Waals surface area contributed by atoms with Crippen LogP contribution in [0.2, 0.25) is 0 Å². The number of guanidine groups is 2. The Morgan fingerprint density at radius 2 is 1.86 bits per heavy atom. The quantitative estimate of drug-likeness (QED) is 0.795. The third-order valence-electron chi connectivity index (χ3n) is 4.62. The van der Waals surface area contributed by atoms with Crippen molar-refractivity contribution in [3.05, 3.63) is 54.6 Å². The Balaban J connectivity index is 0.00000240. The van der Waals surface area contributed by atoms with Gasteiger partial charge < -0.3 is 25.4 Å². The molecule has 0 amide bonds. The van der Waals surface area contributed by atoms with Gasteiger partial charge in [0.25, 0.3) is 0 Å². The van der Waals surface area contributed by atoms with Crippen LogP contribution in [-0.4, -0.2) is 56.5 Å². The molecular formula is C20H25ClN6O2. The van der Waals surface area contributed by atoms with Crippen molar-refractivity contribution in [2.45, 2.75) is 6.29 Å². The molecule has 4 rings (SSSR count). The molecule has 1 fully saturated rings. The number of morpholine rings is 1. The second-order valence-electron chi connectivity index (χ2n) is 6.45. The van der Waals surface area contributed by atoms with E-state index in [0.29, 0.717) is 13.2 Å². The summed E-state index contributed by atoms with van der Waals surface area (Å²) in [6.45, 7) is 2.82. The topological polar surface area (TPSA) is 87.7 Å². The van der Waals surface area contributed by atoms with E-state index in [1.54, 1.807) is 7.11 Å². The molecule has 0 radical (unpaired) electrons. The molecule has 154 valence electrons. The number of methoxy groups -OCH3 is 1. The number of hydrogen-bond acceptors (Lipinski definition) is 8. The van der Waals surface area contributed by atoms with E-state index in [1.807, 2.05) is 54.6 Å². The Bertz CT molecular complexity index is 870. The zero-order valence-corrected chi connectivity index (χ0v) is 17.0.